The summed E-state index contributed by atoms with van der Waals surface area (Å²) in [5.74, 6) is 0.133. The molecule has 5 nitrogen and oxygen atoms in total. The summed E-state index contributed by atoms with van der Waals surface area (Å²) in [5, 5.41) is 49.9. The zero-order valence-corrected chi connectivity index (χ0v) is 21.4. The van der Waals surface area contributed by atoms with E-state index in [1.807, 2.05) is 12.1 Å². The van der Waals surface area contributed by atoms with E-state index < -0.39 is 0 Å². The van der Waals surface area contributed by atoms with Gasteiger partial charge < -0.3 is 15.3 Å². The van der Waals surface area contributed by atoms with Crippen LogP contribution in [0, 0.1) is 22.7 Å². The lowest BCUT2D eigenvalue weighted by Crippen LogP contribution is -1.86. The summed E-state index contributed by atoms with van der Waals surface area (Å²) in [7, 11) is 0. The van der Waals surface area contributed by atoms with Crippen LogP contribution in [0.3, 0.4) is 0 Å². The van der Waals surface area contributed by atoms with Crippen LogP contribution in [0.15, 0.2) is 77.3 Å². The second-order valence-electron chi connectivity index (χ2n) is 7.74. The number of hydrogen-bond donors (Lipinski definition) is 3. The molecule has 0 aromatic heterocycles. The number of nitrogens with zero attached hydrogens (tertiary/aromatic N) is 2. The first-order valence-electron chi connectivity index (χ1n) is 10.4. The molecule has 0 saturated heterocycles. The maximum atomic E-state index is 9.68. The molecule has 0 amide bonds. The number of aromatic hydroxyl groups is 3. The Kier molecular flexibility index (Phi) is 7.24. The molecule has 0 saturated carbocycles. The summed E-state index contributed by atoms with van der Waals surface area (Å²) in [6.45, 7) is 0. The van der Waals surface area contributed by atoms with Crippen LogP contribution in [-0.2, 0) is 0 Å². The summed E-state index contributed by atoms with van der Waals surface area (Å²) in [6.07, 6.45) is 0. The van der Waals surface area contributed by atoms with Gasteiger partial charge in [-0.2, -0.15) is 10.5 Å². The van der Waals surface area contributed by atoms with Crippen LogP contribution < -0.4 is 0 Å². The number of hydrogen-bond acceptors (Lipinski definition) is 5. The highest BCUT2D eigenvalue weighted by molar-refractivity contribution is 9.10. The molecule has 0 fully saturated rings. The number of halogens is 3. The molecular formula is C28H15BrCl2N2O3. The topological polar surface area (TPSA) is 108 Å². The second kappa shape index (κ2) is 10.4. The molecule has 0 radical (unpaired) electrons. The lowest BCUT2D eigenvalue weighted by molar-refractivity contribution is 0.475. The third-order valence-electron chi connectivity index (χ3n) is 5.47. The molecule has 5 rings (SSSR count). The quantitative estimate of drug-likeness (QED) is 0.186. The normalized spacial score (nSPS) is 10.4. The molecule has 0 aliphatic rings. The molecule has 0 aliphatic carbocycles. The van der Waals surface area contributed by atoms with E-state index in [4.69, 9.17) is 28.5 Å². The van der Waals surface area contributed by atoms with Crippen LogP contribution in [0.25, 0.3) is 32.7 Å². The van der Waals surface area contributed by atoms with Gasteiger partial charge >= 0.3 is 0 Å². The maximum absolute atomic E-state index is 9.68. The summed E-state index contributed by atoms with van der Waals surface area (Å²) in [5.41, 5.74) is 2.58. The van der Waals surface area contributed by atoms with Gasteiger partial charge in [-0.15, -0.1) is 0 Å². The van der Waals surface area contributed by atoms with Crippen molar-refractivity contribution in [2.45, 2.75) is 0 Å². The number of nitriles is 2. The van der Waals surface area contributed by atoms with E-state index in [-0.39, 0.29) is 27.3 Å². The molecule has 8 heteroatoms. The highest BCUT2D eigenvalue weighted by Crippen LogP contribution is 2.37. The second-order valence-corrected chi connectivity index (χ2v) is 9.41. The van der Waals surface area contributed by atoms with Crippen molar-refractivity contribution in [3.05, 3.63) is 98.4 Å². The van der Waals surface area contributed by atoms with Crippen molar-refractivity contribution >= 4 is 60.7 Å². The van der Waals surface area contributed by atoms with Gasteiger partial charge in [0.05, 0.1) is 33.3 Å². The van der Waals surface area contributed by atoms with Crippen molar-refractivity contribution in [1.82, 2.24) is 0 Å². The van der Waals surface area contributed by atoms with E-state index in [0.717, 1.165) is 26.4 Å². The van der Waals surface area contributed by atoms with Crippen LogP contribution in [0.4, 0.5) is 0 Å². The molecule has 36 heavy (non-hydrogen) atoms. The summed E-state index contributed by atoms with van der Waals surface area (Å²) < 4.78 is 0.813. The summed E-state index contributed by atoms with van der Waals surface area (Å²) in [6, 6.07) is 24.5. The Labute approximate surface area is 224 Å². The van der Waals surface area contributed by atoms with Gasteiger partial charge in [0.1, 0.15) is 17.2 Å². The van der Waals surface area contributed by atoms with Gasteiger partial charge in [-0.25, -0.2) is 0 Å². The standard InChI is InChI=1S/C17H10ClNO2.C11H5BrClNO/c18-17-15(21)6-3-11-7-12(8-13(9-19)16(11)17)10-1-4-14(20)5-2-10;12-8-3-6-1-2-9(15)11(13)10(6)7(4-8)5-14/h1-8,20-21H;1-4,15H. The molecule has 0 bridgehead atoms. The molecule has 176 valence electrons. The summed E-state index contributed by atoms with van der Waals surface area (Å²) >= 11 is 15.4. The minimum Gasteiger partial charge on any atom is -0.508 e. The molecule has 0 spiro atoms. The molecular weight excluding hydrogens is 563 g/mol. The van der Waals surface area contributed by atoms with Crippen molar-refractivity contribution in [3.8, 4) is 40.5 Å². The van der Waals surface area contributed by atoms with E-state index in [2.05, 4.69) is 28.1 Å². The van der Waals surface area contributed by atoms with Gasteiger partial charge in [-0.05, 0) is 70.4 Å². The fourth-order valence-corrected chi connectivity index (χ4v) is 4.81. The van der Waals surface area contributed by atoms with E-state index >= 15 is 0 Å². The van der Waals surface area contributed by atoms with E-state index in [1.165, 1.54) is 12.1 Å². The molecule has 0 atom stereocenters. The first-order chi connectivity index (χ1) is 17.2. The number of phenols is 3. The Hall–Kier alpha value is -3.94. The summed E-state index contributed by atoms with van der Waals surface area (Å²) in [4.78, 5) is 0. The molecule has 0 heterocycles. The molecule has 3 N–H and O–H groups in total. The van der Waals surface area contributed by atoms with Crippen LogP contribution in [0.1, 0.15) is 11.1 Å². The van der Waals surface area contributed by atoms with Gasteiger partial charge in [0.25, 0.3) is 0 Å². The van der Waals surface area contributed by atoms with E-state index in [1.54, 1.807) is 48.5 Å². The van der Waals surface area contributed by atoms with E-state index in [0.29, 0.717) is 21.9 Å². The first-order valence-corrected chi connectivity index (χ1v) is 11.9. The Bertz CT molecular complexity index is 1720. The van der Waals surface area contributed by atoms with Crippen molar-refractivity contribution in [2.24, 2.45) is 0 Å². The highest BCUT2D eigenvalue weighted by atomic mass is 79.9. The predicted octanol–water partition coefficient (Wildman–Crippen LogP) is 8.28. The Morgan fingerprint density at radius 3 is 1.64 bits per heavy atom. The Balaban J connectivity index is 0.000000179. The van der Waals surface area contributed by atoms with Gasteiger partial charge in [0.2, 0.25) is 0 Å². The Morgan fingerprint density at radius 2 is 1.11 bits per heavy atom. The average molecular weight is 578 g/mol. The Morgan fingerprint density at radius 1 is 0.611 bits per heavy atom. The molecule has 0 unspecified atom stereocenters. The SMILES string of the molecule is N#Cc1cc(-c2ccc(O)cc2)cc2ccc(O)c(Cl)c12.N#Cc1cc(Br)cc2ccc(O)c(Cl)c12. The zero-order valence-electron chi connectivity index (χ0n) is 18.3. The van der Waals surface area contributed by atoms with Gasteiger partial charge in [-0.3, -0.25) is 0 Å². The van der Waals surface area contributed by atoms with Crippen molar-refractivity contribution in [1.29, 1.82) is 10.5 Å². The lowest BCUT2D eigenvalue weighted by Gasteiger charge is -2.09. The monoisotopic (exact) mass is 576 g/mol. The van der Waals surface area contributed by atoms with Crippen LogP contribution >= 0.6 is 39.1 Å². The largest absolute Gasteiger partial charge is 0.508 e. The zero-order chi connectivity index (χ0) is 26.0. The molecule has 0 aliphatic heterocycles. The smallest absolute Gasteiger partial charge is 0.134 e. The third-order valence-corrected chi connectivity index (χ3v) is 6.70. The third kappa shape index (κ3) is 4.89. The van der Waals surface area contributed by atoms with Crippen LogP contribution in [0.2, 0.25) is 10.0 Å². The highest BCUT2D eigenvalue weighted by Gasteiger charge is 2.12. The molecule has 5 aromatic carbocycles. The van der Waals surface area contributed by atoms with Gasteiger partial charge in [-0.1, -0.05) is 63.4 Å². The minimum atomic E-state index is -0.0435. The van der Waals surface area contributed by atoms with Gasteiger partial charge in [0.15, 0.2) is 0 Å². The predicted molar refractivity (Wildman–Crippen MR) is 145 cm³/mol. The number of rotatable bonds is 1. The first kappa shape index (κ1) is 25.2. The number of phenolic OH excluding ortho intramolecular Hbond substituents is 3. The molecule has 5 aromatic rings. The van der Waals surface area contributed by atoms with Crippen LogP contribution in [0.5, 0.6) is 17.2 Å². The fourth-order valence-electron chi connectivity index (χ4n) is 3.78. The van der Waals surface area contributed by atoms with Gasteiger partial charge in [0, 0.05) is 15.2 Å². The minimum absolute atomic E-state index is 0.0111. The van der Waals surface area contributed by atoms with Crippen molar-refractivity contribution < 1.29 is 15.3 Å². The van der Waals surface area contributed by atoms with Crippen molar-refractivity contribution in [3.63, 3.8) is 0 Å². The van der Waals surface area contributed by atoms with E-state index in [9.17, 15) is 20.6 Å². The van der Waals surface area contributed by atoms with Crippen molar-refractivity contribution in [2.75, 3.05) is 0 Å². The number of benzene rings is 5. The number of fused-ring (bicyclic) bond motifs is 2. The lowest BCUT2D eigenvalue weighted by atomic mass is 9.97. The maximum Gasteiger partial charge on any atom is 0.134 e. The van der Waals surface area contributed by atoms with Crippen LogP contribution in [-0.4, -0.2) is 15.3 Å². The fraction of sp³-hybridized carbons (Fsp3) is 0. The average Bonchev–Trinajstić information content (AvgIpc) is 2.88.